The number of carbonyl (C=O) groups excluding carboxylic acids is 1. The van der Waals surface area contributed by atoms with Crippen molar-refractivity contribution in [3.63, 3.8) is 0 Å². The number of amides is 1. The Morgan fingerprint density at radius 2 is 2.15 bits per heavy atom. The topological polar surface area (TPSA) is 72.3 Å². The molecule has 26 heavy (non-hydrogen) atoms. The molecule has 0 aromatic heterocycles. The van der Waals surface area contributed by atoms with Gasteiger partial charge in [-0.05, 0) is 37.4 Å². The Labute approximate surface area is 159 Å². The van der Waals surface area contributed by atoms with E-state index >= 15 is 0 Å². The molecule has 2 heterocycles. The second kappa shape index (κ2) is 9.05. The Bertz CT molecular complexity index is 644. The molecule has 1 saturated heterocycles. The lowest BCUT2D eigenvalue weighted by Crippen LogP contribution is -2.52. The highest BCUT2D eigenvalue weighted by Crippen LogP contribution is 2.29. The molecule has 0 radical (unpaired) electrons. The lowest BCUT2D eigenvalue weighted by atomic mass is 10.3. The molecular formula is C18H26N6OS. The SMILES string of the molecule is C=CC=C(C=CSC1N=CNC(N2CCN(C)CC2)=N1)NC(=O)C1CC1. The first-order valence-corrected chi connectivity index (χ1v) is 9.85. The minimum Gasteiger partial charge on any atom is -0.340 e. The highest BCUT2D eigenvalue weighted by atomic mass is 32.2. The summed E-state index contributed by atoms with van der Waals surface area (Å²) in [5.74, 6) is 1.14. The summed E-state index contributed by atoms with van der Waals surface area (Å²) in [6, 6.07) is 0. The van der Waals surface area contributed by atoms with E-state index in [9.17, 15) is 4.79 Å². The van der Waals surface area contributed by atoms with Gasteiger partial charge in [0.15, 0.2) is 5.50 Å². The fraction of sp³-hybridized carbons (Fsp3) is 0.500. The number of likely N-dealkylation sites (N-methyl/N-ethyl adjacent to an activating group) is 1. The van der Waals surface area contributed by atoms with Crippen LogP contribution in [0, 0.1) is 5.92 Å². The van der Waals surface area contributed by atoms with Crippen LogP contribution in [0.5, 0.6) is 0 Å². The zero-order chi connectivity index (χ0) is 18.4. The van der Waals surface area contributed by atoms with Gasteiger partial charge in [-0.1, -0.05) is 24.4 Å². The number of hydrogen-bond donors (Lipinski definition) is 2. The maximum absolute atomic E-state index is 11.9. The number of hydrogen-bond acceptors (Lipinski definition) is 7. The molecule has 2 fully saturated rings. The highest BCUT2D eigenvalue weighted by molar-refractivity contribution is 8.02. The van der Waals surface area contributed by atoms with Crippen molar-refractivity contribution in [2.75, 3.05) is 33.2 Å². The fourth-order valence-corrected chi connectivity index (χ4v) is 3.29. The van der Waals surface area contributed by atoms with Gasteiger partial charge >= 0.3 is 0 Å². The monoisotopic (exact) mass is 374 g/mol. The Balaban J connectivity index is 1.53. The Kier molecular flexibility index (Phi) is 6.51. The van der Waals surface area contributed by atoms with Crippen LogP contribution in [-0.4, -0.2) is 66.7 Å². The zero-order valence-corrected chi connectivity index (χ0v) is 15.9. The summed E-state index contributed by atoms with van der Waals surface area (Å²) in [5, 5.41) is 8.00. The van der Waals surface area contributed by atoms with Gasteiger partial charge in [0.2, 0.25) is 11.9 Å². The third kappa shape index (κ3) is 5.47. The Morgan fingerprint density at radius 3 is 2.85 bits per heavy atom. The second-order valence-corrected chi connectivity index (χ2v) is 7.52. The predicted octanol–water partition coefficient (Wildman–Crippen LogP) is 1.35. The van der Waals surface area contributed by atoms with Crippen molar-refractivity contribution in [2.45, 2.75) is 18.3 Å². The molecule has 140 valence electrons. The van der Waals surface area contributed by atoms with Crippen molar-refractivity contribution in [3.05, 3.63) is 35.9 Å². The number of aliphatic imine (C=N–C) groups is 2. The average Bonchev–Trinajstić information content (AvgIpc) is 3.48. The Hall–Kier alpha value is -2.06. The average molecular weight is 375 g/mol. The van der Waals surface area contributed by atoms with Crippen LogP contribution < -0.4 is 10.6 Å². The quantitative estimate of drug-likeness (QED) is 0.687. The molecule has 7 nitrogen and oxygen atoms in total. The van der Waals surface area contributed by atoms with Gasteiger partial charge in [0.25, 0.3) is 0 Å². The summed E-state index contributed by atoms with van der Waals surface area (Å²) in [5.41, 5.74) is 0.525. The van der Waals surface area contributed by atoms with Crippen LogP contribution in [0.15, 0.2) is 45.9 Å². The predicted molar refractivity (Wildman–Crippen MR) is 108 cm³/mol. The van der Waals surface area contributed by atoms with Gasteiger partial charge in [-0.15, -0.1) is 0 Å². The molecule has 8 heteroatoms. The lowest BCUT2D eigenvalue weighted by molar-refractivity contribution is -0.121. The van der Waals surface area contributed by atoms with Crippen LogP contribution >= 0.6 is 11.8 Å². The van der Waals surface area contributed by atoms with Crippen LogP contribution in [0.4, 0.5) is 0 Å². The molecule has 0 aromatic rings. The number of piperazine rings is 1. The van der Waals surface area contributed by atoms with E-state index in [-0.39, 0.29) is 17.3 Å². The molecule has 3 aliphatic rings. The molecule has 1 saturated carbocycles. The second-order valence-electron chi connectivity index (χ2n) is 6.55. The van der Waals surface area contributed by atoms with E-state index in [0.717, 1.165) is 50.7 Å². The first kappa shape index (κ1) is 18.7. The summed E-state index contributed by atoms with van der Waals surface area (Å²) >= 11 is 1.50. The van der Waals surface area contributed by atoms with Gasteiger partial charge in [0, 0.05) is 37.8 Å². The fourth-order valence-electron chi connectivity index (χ4n) is 2.63. The van der Waals surface area contributed by atoms with Gasteiger partial charge in [-0.3, -0.25) is 4.79 Å². The molecule has 0 bridgehead atoms. The molecule has 1 amide bonds. The number of guanidine groups is 1. The van der Waals surface area contributed by atoms with Crippen LogP contribution in [0.3, 0.4) is 0 Å². The van der Waals surface area contributed by atoms with E-state index in [2.05, 4.69) is 44.0 Å². The Morgan fingerprint density at radius 1 is 1.38 bits per heavy atom. The van der Waals surface area contributed by atoms with E-state index in [4.69, 9.17) is 0 Å². The van der Waals surface area contributed by atoms with Crippen molar-refractivity contribution in [3.8, 4) is 0 Å². The minimum absolute atomic E-state index is 0.0861. The van der Waals surface area contributed by atoms with Crippen LogP contribution in [0.2, 0.25) is 0 Å². The van der Waals surface area contributed by atoms with Gasteiger partial charge in [0.05, 0.1) is 6.34 Å². The van der Waals surface area contributed by atoms with Crippen LogP contribution in [0.1, 0.15) is 12.8 Å². The third-order valence-electron chi connectivity index (χ3n) is 4.39. The number of rotatable bonds is 6. The molecule has 1 unspecified atom stereocenters. The number of nitrogens with one attached hydrogen (secondary N) is 2. The van der Waals surface area contributed by atoms with Gasteiger partial charge < -0.3 is 20.4 Å². The van der Waals surface area contributed by atoms with E-state index in [0.29, 0.717) is 0 Å². The summed E-state index contributed by atoms with van der Waals surface area (Å²) in [7, 11) is 2.13. The van der Waals surface area contributed by atoms with E-state index in [1.54, 1.807) is 18.5 Å². The standard InChI is InChI=1S/C18H26N6OS/c1-3-4-15(21-16(25)14-5-6-14)7-12-26-18-20-13-19-17(22-18)24-10-8-23(2)9-11-24/h3-4,7,12-14,18H,1,5-6,8-11H2,2H3,(H,21,25)(H,19,20,22). The molecule has 2 aliphatic heterocycles. The molecule has 3 rings (SSSR count). The number of thioether (sulfide) groups is 1. The van der Waals surface area contributed by atoms with Crippen molar-refractivity contribution in [2.24, 2.45) is 15.9 Å². The molecule has 1 aliphatic carbocycles. The summed E-state index contributed by atoms with van der Waals surface area (Å²) in [6.45, 7) is 7.69. The van der Waals surface area contributed by atoms with Crippen molar-refractivity contribution < 1.29 is 4.79 Å². The van der Waals surface area contributed by atoms with Crippen molar-refractivity contribution in [1.29, 1.82) is 0 Å². The summed E-state index contributed by atoms with van der Waals surface area (Å²) in [4.78, 5) is 25.5. The van der Waals surface area contributed by atoms with Gasteiger partial charge in [0.1, 0.15) is 0 Å². The van der Waals surface area contributed by atoms with Gasteiger partial charge in [-0.2, -0.15) is 0 Å². The molecule has 0 spiro atoms. The van der Waals surface area contributed by atoms with Crippen molar-refractivity contribution in [1.82, 2.24) is 20.4 Å². The zero-order valence-electron chi connectivity index (χ0n) is 15.1. The number of allylic oxidation sites excluding steroid dienone is 3. The number of nitrogens with zero attached hydrogens (tertiary/aromatic N) is 4. The molecular weight excluding hydrogens is 348 g/mol. The first-order chi connectivity index (χ1) is 12.7. The van der Waals surface area contributed by atoms with Gasteiger partial charge in [-0.25, -0.2) is 9.98 Å². The largest absolute Gasteiger partial charge is 0.340 e. The maximum atomic E-state index is 11.9. The van der Waals surface area contributed by atoms with Crippen molar-refractivity contribution >= 4 is 30.0 Å². The van der Waals surface area contributed by atoms with Crippen LogP contribution in [-0.2, 0) is 4.79 Å². The van der Waals surface area contributed by atoms with E-state index < -0.39 is 0 Å². The highest BCUT2D eigenvalue weighted by Gasteiger charge is 2.29. The van der Waals surface area contributed by atoms with E-state index in [1.807, 2.05) is 11.5 Å². The lowest BCUT2D eigenvalue weighted by Gasteiger charge is -2.35. The first-order valence-electron chi connectivity index (χ1n) is 8.91. The number of carbonyl (C=O) groups is 1. The smallest absolute Gasteiger partial charge is 0.227 e. The minimum atomic E-state index is -0.216. The maximum Gasteiger partial charge on any atom is 0.227 e. The summed E-state index contributed by atoms with van der Waals surface area (Å²) < 4.78 is 0. The van der Waals surface area contributed by atoms with Crippen LogP contribution in [0.25, 0.3) is 0 Å². The summed E-state index contributed by atoms with van der Waals surface area (Å²) in [6.07, 6.45) is 9.01. The molecule has 0 aromatic carbocycles. The molecule has 1 atom stereocenters. The third-order valence-corrected chi connectivity index (χ3v) is 5.16. The van der Waals surface area contributed by atoms with E-state index in [1.165, 1.54) is 11.8 Å². The normalized spacial score (nSPS) is 24.3. The molecule has 2 N–H and O–H groups in total.